The molecule has 1 fully saturated rings. The molecule has 2 unspecified atom stereocenters. The van der Waals surface area contributed by atoms with Crippen LogP contribution in [-0.2, 0) is 20.8 Å². The molecule has 0 spiro atoms. The van der Waals surface area contributed by atoms with Gasteiger partial charge in [-0.1, -0.05) is 19.1 Å². The Labute approximate surface area is 114 Å². The fourth-order valence-corrected chi connectivity index (χ4v) is 4.71. The van der Waals surface area contributed by atoms with Gasteiger partial charge in [0.1, 0.15) is 5.78 Å². The van der Waals surface area contributed by atoms with E-state index in [0.717, 1.165) is 18.2 Å². The number of sulfone groups is 1. The van der Waals surface area contributed by atoms with Gasteiger partial charge in [-0.05, 0) is 18.6 Å². The third-order valence-corrected chi connectivity index (χ3v) is 6.05. The summed E-state index contributed by atoms with van der Waals surface area (Å²) in [4.78, 5) is 10.7. The second-order valence-corrected chi connectivity index (χ2v) is 7.01. The van der Waals surface area contributed by atoms with Crippen molar-refractivity contribution in [3.63, 3.8) is 0 Å². The van der Waals surface area contributed by atoms with Crippen LogP contribution in [0.5, 0.6) is 0 Å². The van der Waals surface area contributed by atoms with Crippen molar-refractivity contribution in [3.05, 3.63) is 29.8 Å². The summed E-state index contributed by atoms with van der Waals surface area (Å²) in [6.45, 7) is 1.45. The van der Waals surface area contributed by atoms with Crippen LogP contribution in [0.4, 0.5) is 13.2 Å². The largest absolute Gasteiger partial charge is 0.417 e. The lowest BCUT2D eigenvalue weighted by Gasteiger charge is -2.19. The van der Waals surface area contributed by atoms with Crippen LogP contribution < -0.4 is 0 Å². The lowest BCUT2D eigenvalue weighted by molar-refractivity contribution is -0.139. The lowest BCUT2D eigenvalue weighted by Crippen LogP contribution is -2.28. The zero-order valence-corrected chi connectivity index (χ0v) is 11.5. The molecule has 2 atom stereocenters. The van der Waals surface area contributed by atoms with Gasteiger partial charge in [-0.25, -0.2) is 8.42 Å². The van der Waals surface area contributed by atoms with E-state index in [1.165, 1.54) is 13.0 Å². The van der Waals surface area contributed by atoms with E-state index in [1.807, 2.05) is 0 Å². The predicted octanol–water partition coefficient (Wildman–Crippen LogP) is 2.85. The van der Waals surface area contributed by atoms with Crippen LogP contribution in [-0.4, -0.2) is 19.5 Å². The van der Waals surface area contributed by atoms with Crippen LogP contribution in [0.2, 0.25) is 0 Å². The quantitative estimate of drug-likeness (QED) is 0.844. The minimum Gasteiger partial charge on any atom is -0.299 e. The first kappa shape index (κ1) is 15.0. The molecule has 20 heavy (non-hydrogen) atoms. The highest BCUT2D eigenvalue weighted by Crippen LogP contribution is 2.38. The van der Waals surface area contributed by atoms with Crippen molar-refractivity contribution in [2.75, 3.05) is 0 Å². The summed E-state index contributed by atoms with van der Waals surface area (Å²) in [5, 5.41) is -1.07. The molecule has 1 saturated carbocycles. The fourth-order valence-electron chi connectivity index (χ4n) is 2.51. The molecule has 0 amide bonds. The number of carbonyl (C=O) groups excluding carboxylic acids is 1. The molecule has 1 aliphatic carbocycles. The molecule has 0 bridgehead atoms. The molecule has 0 N–H and O–H groups in total. The van der Waals surface area contributed by atoms with Crippen molar-refractivity contribution in [2.45, 2.75) is 36.1 Å². The minimum absolute atomic E-state index is 0.0779. The Hall–Kier alpha value is -1.37. The molecule has 0 saturated heterocycles. The van der Waals surface area contributed by atoms with Crippen LogP contribution in [0.15, 0.2) is 29.2 Å². The maximum absolute atomic E-state index is 12.9. The molecule has 3 nitrogen and oxygen atoms in total. The number of hydrogen-bond donors (Lipinski definition) is 0. The van der Waals surface area contributed by atoms with Crippen LogP contribution >= 0.6 is 0 Å². The summed E-state index contributed by atoms with van der Waals surface area (Å²) in [5.74, 6) is -0.982. The third kappa shape index (κ3) is 2.46. The maximum atomic E-state index is 12.9. The topological polar surface area (TPSA) is 51.2 Å². The molecular formula is C13H13F3O3S. The number of ketones is 1. The summed E-state index contributed by atoms with van der Waals surface area (Å²) in [7, 11) is -4.18. The first-order valence-corrected chi connectivity index (χ1v) is 7.63. The molecule has 7 heteroatoms. The monoisotopic (exact) mass is 306 g/mol. The number of rotatable bonds is 2. The summed E-state index contributed by atoms with van der Waals surface area (Å²) in [6.07, 6.45) is -4.57. The van der Waals surface area contributed by atoms with E-state index in [2.05, 4.69) is 0 Å². The maximum Gasteiger partial charge on any atom is 0.417 e. The van der Waals surface area contributed by atoms with Gasteiger partial charge in [0.25, 0.3) is 0 Å². The van der Waals surface area contributed by atoms with Crippen molar-refractivity contribution in [2.24, 2.45) is 5.92 Å². The Morgan fingerprint density at radius 3 is 2.30 bits per heavy atom. The summed E-state index contributed by atoms with van der Waals surface area (Å²) in [5.41, 5.74) is -1.17. The second-order valence-electron chi connectivity index (χ2n) is 4.87. The standard InChI is InChI=1S/C13H13F3O3S/c1-8-10(17)6-7-11(8)20(18,19)12-5-3-2-4-9(12)13(14,15)16/h2-5,8,11H,6-7H2,1H3. The van der Waals surface area contributed by atoms with Crippen molar-refractivity contribution >= 4 is 15.6 Å². The number of carbonyl (C=O) groups is 1. The van der Waals surface area contributed by atoms with Crippen molar-refractivity contribution in [1.29, 1.82) is 0 Å². The summed E-state index contributed by atoms with van der Waals surface area (Å²) < 4.78 is 63.5. The van der Waals surface area contributed by atoms with Gasteiger partial charge < -0.3 is 0 Å². The van der Waals surface area contributed by atoms with Crippen molar-refractivity contribution in [3.8, 4) is 0 Å². The number of Topliss-reactive ketones (excluding diaryl/α,β-unsaturated/α-hetero) is 1. The van der Waals surface area contributed by atoms with E-state index in [1.54, 1.807) is 0 Å². The van der Waals surface area contributed by atoms with Gasteiger partial charge in [0, 0.05) is 12.3 Å². The van der Waals surface area contributed by atoms with Crippen molar-refractivity contribution in [1.82, 2.24) is 0 Å². The van der Waals surface area contributed by atoms with Gasteiger partial charge in [-0.2, -0.15) is 13.2 Å². The molecule has 0 aromatic heterocycles. The van der Waals surface area contributed by atoms with Crippen molar-refractivity contribution < 1.29 is 26.4 Å². The van der Waals surface area contributed by atoms with Gasteiger partial charge in [0.05, 0.1) is 15.7 Å². The van der Waals surface area contributed by atoms with Gasteiger partial charge in [0.2, 0.25) is 0 Å². The average molecular weight is 306 g/mol. The second kappa shape index (κ2) is 4.87. The molecule has 0 aliphatic heterocycles. The minimum atomic E-state index is -4.74. The molecule has 1 aliphatic rings. The zero-order valence-electron chi connectivity index (χ0n) is 10.6. The molecule has 1 aromatic rings. The lowest BCUT2D eigenvalue weighted by atomic mass is 10.1. The van der Waals surface area contributed by atoms with Gasteiger partial charge in [-0.3, -0.25) is 4.79 Å². The predicted molar refractivity (Wildman–Crippen MR) is 65.8 cm³/mol. The molecule has 110 valence electrons. The highest BCUT2D eigenvalue weighted by atomic mass is 32.2. The number of halogens is 3. The Kier molecular flexibility index (Phi) is 3.66. The molecule has 0 radical (unpaired) electrons. The SMILES string of the molecule is CC1C(=O)CCC1S(=O)(=O)c1ccccc1C(F)(F)F. The summed E-state index contributed by atoms with van der Waals surface area (Å²) >= 11 is 0. The van der Waals surface area contributed by atoms with Crippen LogP contribution in [0, 0.1) is 5.92 Å². The van der Waals surface area contributed by atoms with Gasteiger partial charge in [-0.15, -0.1) is 0 Å². The highest BCUT2D eigenvalue weighted by molar-refractivity contribution is 7.92. The van der Waals surface area contributed by atoms with Gasteiger partial charge in [0.15, 0.2) is 9.84 Å². The Morgan fingerprint density at radius 2 is 1.80 bits per heavy atom. The first-order chi connectivity index (χ1) is 9.15. The van der Waals surface area contributed by atoms with Crippen LogP contribution in [0.3, 0.4) is 0 Å². The summed E-state index contributed by atoms with van der Waals surface area (Å²) in [6, 6.07) is 4.09. The first-order valence-electron chi connectivity index (χ1n) is 6.08. The van der Waals surface area contributed by atoms with E-state index >= 15 is 0 Å². The van der Waals surface area contributed by atoms with E-state index < -0.39 is 37.6 Å². The average Bonchev–Trinajstić information content (AvgIpc) is 2.69. The molecule has 2 rings (SSSR count). The molecule has 0 heterocycles. The van der Waals surface area contributed by atoms with E-state index in [-0.39, 0.29) is 18.6 Å². The normalized spacial score (nSPS) is 24.1. The number of hydrogen-bond acceptors (Lipinski definition) is 3. The van der Waals surface area contributed by atoms with E-state index in [9.17, 15) is 26.4 Å². The number of alkyl halides is 3. The Balaban J connectivity index is 2.54. The molecule has 1 aromatic carbocycles. The zero-order chi connectivity index (χ0) is 15.1. The van der Waals surface area contributed by atoms with Gasteiger partial charge >= 0.3 is 6.18 Å². The third-order valence-electron chi connectivity index (χ3n) is 3.64. The number of benzene rings is 1. The Bertz CT molecular complexity index is 635. The van der Waals surface area contributed by atoms with E-state index in [4.69, 9.17) is 0 Å². The highest BCUT2D eigenvalue weighted by Gasteiger charge is 2.44. The Morgan fingerprint density at radius 1 is 1.20 bits per heavy atom. The van der Waals surface area contributed by atoms with Crippen LogP contribution in [0.1, 0.15) is 25.3 Å². The fraction of sp³-hybridized carbons (Fsp3) is 0.462. The molecular weight excluding hydrogens is 293 g/mol. The smallest absolute Gasteiger partial charge is 0.299 e. The van der Waals surface area contributed by atoms with E-state index in [0.29, 0.717) is 0 Å². The van der Waals surface area contributed by atoms with Crippen LogP contribution in [0.25, 0.3) is 0 Å².